The van der Waals surface area contributed by atoms with Crippen LogP contribution in [0.1, 0.15) is 57.6 Å². The summed E-state index contributed by atoms with van der Waals surface area (Å²) in [4.78, 5) is 16.6. The van der Waals surface area contributed by atoms with Gasteiger partial charge in [-0.2, -0.15) is 0 Å². The van der Waals surface area contributed by atoms with Crippen LogP contribution in [0.4, 0.5) is 16.2 Å². The molecule has 0 aliphatic carbocycles. The summed E-state index contributed by atoms with van der Waals surface area (Å²) in [5.41, 5.74) is 4.88. The summed E-state index contributed by atoms with van der Waals surface area (Å²) in [7, 11) is 2.05. The Morgan fingerprint density at radius 3 is 1.53 bits per heavy atom. The fraction of sp³-hybridized carbons (Fsp3) is 0.594. The van der Waals surface area contributed by atoms with Crippen molar-refractivity contribution < 1.29 is 9.53 Å². The molecule has 2 aliphatic rings. The van der Waals surface area contributed by atoms with E-state index in [1.54, 1.807) is 0 Å². The van der Waals surface area contributed by atoms with Gasteiger partial charge in [-0.05, 0) is 110 Å². The summed E-state index contributed by atoms with van der Waals surface area (Å²) < 4.78 is 5.27. The summed E-state index contributed by atoms with van der Waals surface area (Å²) in [6.45, 7) is 16.3. The molecule has 2 heterocycles. The maximum absolute atomic E-state index is 11.7. The molecule has 38 heavy (non-hydrogen) atoms. The molecule has 4 rings (SSSR count). The van der Waals surface area contributed by atoms with E-state index in [9.17, 15) is 4.79 Å². The topological polar surface area (TPSA) is 56.8 Å². The minimum Gasteiger partial charge on any atom is -0.444 e. The second-order valence-electron chi connectivity index (χ2n) is 12.0. The SMILES string of the molecule is CNCC1CCN(c2ccc(C)cc2)CC1.Cc1ccc(N2CCC(CNC(=O)OC(C)(C)C)CC2)cc1. The zero-order chi connectivity index (χ0) is 27.5. The van der Waals surface area contributed by atoms with Gasteiger partial charge in [0.05, 0.1) is 0 Å². The van der Waals surface area contributed by atoms with Crippen LogP contribution >= 0.6 is 0 Å². The fourth-order valence-electron chi connectivity index (χ4n) is 5.13. The van der Waals surface area contributed by atoms with Crippen LogP contribution in [0, 0.1) is 25.7 Å². The van der Waals surface area contributed by atoms with Gasteiger partial charge in [0, 0.05) is 44.1 Å². The lowest BCUT2D eigenvalue weighted by atomic mass is 9.96. The van der Waals surface area contributed by atoms with E-state index in [4.69, 9.17) is 4.74 Å². The Kier molecular flexibility index (Phi) is 11.3. The summed E-state index contributed by atoms with van der Waals surface area (Å²) >= 11 is 0. The van der Waals surface area contributed by atoms with Gasteiger partial charge in [-0.1, -0.05) is 35.4 Å². The van der Waals surface area contributed by atoms with E-state index in [0.717, 1.165) is 31.8 Å². The number of carbonyl (C=O) groups excluding carboxylic acids is 1. The Hall–Kier alpha value is -2.73. The van der Waals surface area contributed by atoms with E-state index in [0.29, 0.717) is 12.5 Å². The van der Waals surface area contributed by atoms with Crippen molar-refractivity contribution in [3.63, 3.8) is 0 Å². The first-order valence-corrected chi connectivity index (χ1v) is 14.4. The van der Waals surface area contributed by atoms with Gasteiger partial charge in [0.2, 0.25) is 0 Å². The minimum atomic E-state index is -0.432. The maximum atomic E-state index is 11.7. The van der Waals surface area contributed by atoms with Crippen molar-refractivity contribution in [2.75, 3.05) is 56.1 Å². The number of hydrogen-bond donors (Lipinski definition) is 2. The molecular formula is C32H50N4O2. The molecule has 2 aliphatic heterocycles. The van der Waals surface area contributed by atoms with E-state index in [2.05, 4.69) is 82.8 Å². The molecule has 6 heteroatoms. The molecule has 0 radical (unpaired) electrons. The van der Waals surface area contributed by atoms with E-state index in [-0.39, 0.29) is 6.09 Å². The van der Waals surface area contributed by atoms with Crippen LogP contribution in [0.25, 0.3) is 0 Å². The Bertz CT molecular complexity index is 952. The van der Waals surface area contributed by atoms with Crippen LogP contribution in [-0.2, 0) is 4.74 Å². The van der Waals surface area contributed by atoms with Gasteiger partial charge in [-0.25, -0.2) is 4.79 Å². The van der Waals surface area contributed by atoms with Gasteiger partial charge in [-0.15, -0.1) is 0 Å². The van der Waals surface area contributed by atoms with Crippen molar-refractivity contribution >= 4 is 17.5 Å². The zero-order valence-corrected chi connectivity index (χ0v) is 24.6. The van der Waals surface area contributed by atoms with Gasteiger partial charge in [0.25, 0.3) is 0 Å². The number of carbonyl (C=O) groups is 1. The van der Waals surface area contributed by atoms with E-state index >= 15 is 0 Å². The second-order valence-corrected chi connectivity index (χ2v) is 12.0. The summed E-state index contributed by atoms with van der Waals surface area (Å²) in [6, 6.07) is 17.6. The number of nitrogens with one attached hydrogen (secondary N) is 2. The van der Waals surface area contributed by atoms with Crippen molar-refractivity contribution in [1.82, 2.24) is 10.6 Å². The number of piperidine rings is 2. The number of benzene rings is 2. The number of rotatable bonds is 6. The van der Waals surface area contributed by atoms with E-state index in [1.807, 2.05) is 27.8 Å². The van der Waals surface area contributed by atoms with Gasteiger partial charge in [0.15, 0.2) is 0 Å². The Balaban J connectivity index is 0.000000221. The third-order valence-corrected chi connectivity index (χ3v) is 7.45. The van der Waals surface area contributed by atoms with Crippen molar-refractivity contribution in [3.8, 4) is 0 Å². The summed E-state index contributed by atoms with van der Waals surface area (Å²) in [5.74, 6) is 1.40. The van der Waals surface area contributed by atoms with E-state index in [1.165, 1.54) is 55.0 Å². The van der Waals surface area contributed by atoms with Crippen LogP contribution in [-0.4, -0.2) is 58.0 Å². The molecule has 6 nitrogen and oxygen atoms in total. The van der Waals surface area contributed by atoms with Crippen molar-refractivity contribution in [2.24, 2.45) is 11.8 Å². The van der Waals surface area contributed by atoms with Crippen LogP contribution in [0.3, 0.4) is 0 Å². The van der Waals surface area contributed by atoms with Crippen LogP contribution < -0.4 is 20.4 Å². The average Bonchev–Trinajstić information content (AvgIpc) is 2.89. The van der Waals surface area contributed by atoms with Crippen molar-refractivity contribution in [3.05, 3.63) is 59.7 Å². The molecule has 2 N–H and O–H groups in total. The molecule has 0 unspecified atom stereocenters. The van der Waals surface area contributed by atoms with Gasteiger partial charge < -0.3 is 25.2 Å². The largest absolute Gasteiger partial charge is 0.444 e. The fourth-order valence-corrected chi connectivity index (χ4v) is 5.13. The number of aryl methyl sites for hydroxylation is 2. The van der Waals surface area contributed by atoms with Gasteiger partial charge in [-0.3, -0.25) is 0 Å². The highest BCUT2D eigenvalue weighted by atomic mass is 16.6. The summed E-state index contributed by atoms with van der Waals surface area (Å²) in [5, 5.41) is 6.17. The number of anilines is 2. The first kappa shape index (κ1) is 29.8. The molecule has 2 aromatic rings. The third-order valence-electron chi connectivity index (χ3n) is 7.45. The molecule has 0 saturated carbocycles. The number of ether oxygens (including phenoxy) is 1. The lowest BCUT2D eigenvalue weighted by Crippen LogP contribution is -2.40. The third kappa shape index (κ3) is 10.2. The number of hydrogen-bond acceptors (Lipinski definition) is 5. The van der Waals surface area contributed by atoms with Crippen LogP contribution in [0.2, 0.25) is 0 Å². The van der Waals surface area contributed by atoms with Gasteiger partial charge >= 0.3 is 6.09 Å². The quantitative estimate of drug-likeness (QED) is 0.475. The monoisotopic (exact) mass is 522 g/mol. The van der Waals surface area contributed by atoms with Crippen LogP contribution in [0.5, 0.6) is 0 Å². The lowest BCUT2D eigenvalue weighted by molar-refractivity contribution is 0.0517. The molecule has 1 amide bonds. The van der Waals surface area contributed by atoms with Crippen LogP contribution in [0.15, 0.2) is 48.5 Å². The first-order chi connectivity index (χ1) is 18.1. The molecular weight excluding hydrogens is 472 g/mol. The van der Waals surface area contributed by atoms with E-state index < -0.39 is 5.60 Å². The number of alkyl carbamates (subject to hydrolysis) is 1. The van der Waals surface area contributed by atoms with Crippen molar-refractivity contribution in [1.29, 1.82) is 0 Å². The second kappa shape index (κ2) is 14.4. The molecule has 0 spiro atoms. The highest BCUT2D eigenvalue weighted by molar-refractivity contribution is 5.67. The standard InChI is InChI=1S/C18H28N2O2.C14H22N2/c1-14-5-7-16(8-6-14)20-11-9-15(10-12-20)13-19-17(21)22-18(2,3)4;1-12-3-5-14(6-4-12)16-9-7-13(8-10-16)11-15-2/h5-8,15H,9-13H2,1-4H3,(H,19,21);3-6,13,15H,7-11H2,1-2H3. The smallest absolute Gasteiger partial charge is 0.407 e. The molecule has 0 bridgehead atoms. The summed E-state index contributed by atoms with van der Waals surface area (Å²) in [6.07, 6.45) is 4.52. The zero-order valence-electron chi connectivity index (χ0n) is 24.6. The van der Waals surface area contributed by atoms with Gasteiger partial charge in [0.1, 0.15) is 5.60 Å². The molecule has 2 fully saturated rings. The normalized spacial score (nSPS) is 17.0. The first-order valence-electron chi connectivity index (χ1n) is 14.4. The predicted molar refractivity (Wildman–Crippen MR) is 160 cm³/mol. The lowest BCUT2D eigenvalue weighted by Gasteiger charge is -2.33. The Labute approximate surface area is 231 Å². The Morgan fingerprint density at radius 1 is 0.763 bits per heavy atom. The van der Waals surface area contributed by atoms with Crippen molar-refractivity contribution in [2.45, 2.75) is 65.9 Å². The Morgan fingerprint density at radius 2 is 1.16 bits per heavy atom. The molecule has 210 valence electrons. The number of nitrogens with zero attached hydrogens (tertiary/aromatic N) is 2. The number of amides is 1. The average molecular weight is 523 g/mol. The molecule has 0 aromatic heterocycles. The highest BCUT2D eigenvalue weighted by Crippen LogP contribution is 2.24. The molecule has 2 saturated heterocycles. The minimum absolute atomic E-state index is 0.312. The predicted octanol–water partition coefficient (Wildman–Crippen LogP) is 6.17. The molecule has 0 atom stereocenters. The maximum Gasteiger partial charge on any atom is 0.407 e. The molecule has 2 aromatic carbocycles. The highest BCUT2D eigenvalue weighted by Gasteiger charge is 2.22.